The lowest BCUT2D eigenvalue weighted by Crippen LogP contribution is -2.42. The highest BCUT2D eigenvalue weighted by Crippen LogP contribution is 2.43. The van der Waals surface area contributed by atoms with Crippen molar-refractivity contribution in [2.75, 3.05) is 13.7 Å². The maximum Gasteiger partial charge on any atom is 0.0578 e. The Hall–Kier alpha value is -0.380. The van der Waals surface area contributed by atoms with Crippen molar-refractivity contribution in [3.05, 3.63) is 21.9 Å². The number of fused-ring (bicyclic) bond motifs is 1. The molecule has 0 aromatic carbocycles. The van der Waals surface area contributed by atoms with Gasteiger partial charge >= 0.3 is 0 Å². The number of methoxy groups -OCH3 is 1. The van der Waals surface area contributed by atoms with E-state index in [2.05, 4.69) is 16.8 Å². The lowest BCUT2D eigenvalue weighted by Gasteiger charge is -2.41. The van der Waals surface area contributed by atoms with Gasteiger partial charge in [-0.25, -0.2) is 0 Å². The molecule has 0 spiro atoms. The predicted octanol–water partition coefficient (Wildman–Crippen LogP) is 2.36. The van der Waals surface area contributed by atoms with Crippen LogP contribution in [0, 0.1) is 5.92 Å². The fourth-order valence-corrected chi connectivity index (χ4v) is 3.86. The Morgan fingerprint density at radius 3 is 3.13 bits per heavy atom. The summed E-state index contributed by atoms with van der Waals surface area (Å²) in [6, 6.07) is 2.90. The van der Waals surface area contributed by atoms with Gasteiger partial charge < -0.3 is 10.1 Å². The van der Waals surface area contributed by atoms with Gasteiger partial charge in [0.2, 0.25) is 0 Å². The summed E-state index contributed by atoms with van der Waals surface area (Å²) in [6.45, 7) is 1.14. The summed E-state index contributed by atoms with van der Waals surface area (Å²) in [5, 5.41) is 5.90. The molecule has 2 aliphatic rings. The van der Waals surface area contributed by atoms with Gasteiger partial charge in [-0.3, -0.25) is 0 Å². The van der Waals surface area contributed by atoms with Gasteiger partial charge in [0.15, 0.2) is 0 Å². The zero-order valence-corrected chi connectivity index (χ0v) is 9.85. The predicted molar refractivity (Wildman–Crippen MR) is 62.3 cm³/mol. The molecule has 0 saturated heterocycles. The SMILES string of the molecule is COC1CC(C2NCCc3ccsc32)C1. The second-order valence-electron chi connectivity index (χ2n) is 4.58. The van der Waals surface area contributed by atoms with Crippen LogP contribution in [0.1, 0.15) is 29.3 Å². The third kappa shape index (κ3) is 1.63. The van der Waals surface area contributed by atoms with Crippen LogP contribution in [-0.4, -0.2) is 19.8 Å². The van der Waals surface area contributed by atoms with Crippen LogP contribution in [0.3, 0.4) is 0 Å². The van der Waals surface area contributed by atoms with Crippen LogP contribution in [0.2, 0.25) is 0 Å². The fourth-order valence-electron chi connectivity index (χ4n) is 2.73. The molecule has 1 aliphatic heterocycles. The number of hydrogen-bond donors (Lipinski definition) is 1. The second-order valence-corrected chi connectivity index (χ2v) is 5.53. The van der Waals surface area contributed by atoms with E-state index < -0.39 is 0 Å². The molecule has 0 radical (unpaired) electrons. The molecule has 82 valence electrons. The summed E-state index contributed by atoms with van der Waals surface area (Å²) >= 11 is 1.92. The van der Waals surface area contributed by atoms with Crippen LogP contribution in [0.25, 0.3) is 0 Å². The van der Waals surface area contributed by atoms with Gasteiger partial charge in [-0.1, -0.05) is 0 Å². The lowest BCUT2D eigenvalue weighted by atomic mass is 9.75. The first kappa shape index (κ1) is 9.82. The number of thiophene rings is 1. The van der Waals surface area contributed by atoms with Crippen molar-refractivity contribution < 1.29 is 4.74 Å². The van der Waals surface area contributed by atoms with E-state index in [1.165, 1.54) is 19.3 Å². The van der Waals surface area contributed by atoms with Crippen LogP contribution < -0.4 is 5.32 Å². The van der Waals surface area contributed by atoms with Gasteiger partial charge in [-0.15, -0.1) is 11.3 Å². The maximum absolute atomic E-state index is 5.35. The summed E-state index contributed by atoms with van der Waals surface area (Å²) in [5.74, 6) is 0.799. The molecule has 1 fully saturated rings. The van der Waals surface area contributed by atoms with E-state index in [1.54, 1.807) is 10.4 Å². The third-order valence-corrected chi connectivity index (χ3v) is 4.80. The normalized spacial score (nSPS) is 34.6. The molecule has 1 atom stereocenters. The molecule has 1 saturated carbocycles. The van der Waals surface area contributed by atoms with E-state index in [0.29, 0.717) is 12.1 Å². The van der Waals surface area contributed by atoms with E-state index in [0.717, 1.165) is 12.5 Å². The average molecular weight is 223 g/mol. The Morgan fingerprint density at radius 1 is 1.47 bits per heavy atom. The quantitative estimate of drug-likeness (QED) is 0.831. The zero-order valence-electron chi connectivity index (χ0n) is 9.03. The summed E-state index contributed by atoms with van der Waals surface area (Å²) in [7, 11) is 1.83. The molecular weight excluding hydrogens is 206 g/mol. The minimum absolute atomic E-state index is 0.516. The Balaban J connectivity index is 1.74. The Bertz CT molecular complexity index is 343. The van der Waals surface area contributed by atoms with Crippen LogP contribution in [-0.2, 0) is 11.2 Å². The van der Waals surface area contributed by atoms with Crippen LogP contribution in [0.15, 0.2) is 11.4 Å². The van der Waals surface area contributed by atoms with Crippen LogP contribution >= 0.6 is 11.3 Å². The minimum atomic E-state index is 0.516. The number of rotatable bonds is 2. The van der Waals surface area contributed by atoms with E-state index in [9.17, 15) is 0 Å². The van der Waals surface area contributed by atoms with Crippen LogP contribution in [0.4, 0.5) is 0 Å². The van der Waals surface area contributed by atoms with Gasteiger partial charge in [0.1, 0.15) is 0 Å². The van der Waals surface area contributed by atoms with Crippen molar-refractivity contribution in [1.29, 1.82) is 0 Å². The van der Waals surface area contributed by atoms with E-state index >= 15 is 0 Å². The molecule has 1 aliphatic carbocycles. The molecule has 1 N–H and O–H groups in total. The molecule has 3 heteroatoms. The standard InChI is InChI=1S/C12H17NOS/c1-14-10-6-9(7-10)11-12-8(2-4-13-11)3-5-15-12/h3,5,9-11,13H,2,4,6-7H2,1H3. The van der Waals surface area contributed by atoms with Crippen LogP contribution in [0.5, 0.6) is 0 Å². The number of hydrogen-bond acceptors (Lipinski definition) is 3. The Labute approximate surface area is 94.6 Å². The first-order chi connectivity index (χ1) is 7.38. The lowest BCUT2D eigenvalue weighted by molar-refractivity contribution is -0.0128. The number of nitrogens with one attached hydrogen (secondary N) is 1. The molecule has 1 aromatic heterocycles. The highest BCUT2D eigenvalue weighted by molar-refractivity contribution is 7.10. The van der Waals surface area contributed by atoms with Crippen molar-refractivity contribution in [2.24, 2.45) is 5.92 Å². The monoisotopic (exact) mass is 223 g/mol. The molecule has 15 heavy (non-hydrogen) atoms. The topological polar surface area (TPSA) is 21.3 Å². The van der Waals surface area contributed by atoms with E-state index in [4.69, 9.17) is 4.74 Å². The zero-order chi connectivity index (χ0) is 10.3. The molecule has 1 unspecified atom stereocenters. The Kier molecular flexibility index (Phi) is 2.54. The Morgan fingerprint density at radius 2 is 2.33 bits per heavy atom. The summed E-state index contributed by atoms with van der Waals surface area (Å²) < 4.78 is 5.35. The summed E-state index contributed by atoms with van der Waals surface area (Å²) in [6.07, 6.45) is 4.18. The fraction of sp³-hybridized carbons (Fsp3) is 0.667. The summed E-state index contributed by atoms with van der Waals surface area (Å²) in [4.78, 5) is 1.58. The van der Waals surface area contributed by atoms with Gasteiger partial charge in [0.05, 0.1) is 6.10 Å². The van der Waals surface area contributed by atoms with E-state index in [1.807, 2.05) is 18.4 Å². The molecule has 0 bridgehead atoms. The van der Waals surface area contributed by atoms with Gasteiger partial charge in [-0.05, 0) is 48.7 Å². The van der Waals surface area contributed by atoms with Crippen molar-refractivity contribution >= 4 is 11.3 Å². The van der Waals surface area contributed by atoms with Gasteiger partial charge in [-0.2, -0.15) is 0 Å². The van der Waals surface area contributed by atoms with Crippen molar-refractivity contribution in [2.45, 2.75) is 31.4 Å². The minimum Gasteiger partial charge on any atom is -0.381 e. The van der Waals surface area contributed by atoms with Crippen molar-refractivity contribution in [3.63, 3.8) is 0 Å². The van der Waals surface area contributed by atoms with Gasteiger partial charge in [0, 0.05) is 18.0 Å². The average Bonchev–Trinajstić information content (AvgIpc) is 2.64. The van der Waals surface area contributed by atoms with Crippen molar-refractivity contribution in [3.8, 4) is 0 Å². The molecular formula is C12H17NOS. The third-order valence-electron chi connectivity index (χ3n) is 3.76. The second kappa shape index (κ2) is 3.89. The summed E-state index contributed by atoms with van der Waals surface area (Å²) in [5.41, 5.74) is 1.57. The molecule has 1 aromatic rings. The highest BCUT2D eigenvalue weighted by atomic mass is 32.1. The van der Waals surface area contributed by atoms with Gasteiger partial charge in [0.25, 0.3) is 0 Å². The first-order valence-corrected chi connectivity index (χ1v) is 6.59. The molecule has 3 rings (SSSR count). The first-order valence-electron chi connectivity index (χ1n) is 5.71. The van der Waals surface area contributed by atoms with Crippen molar-refractivity contribution in [1.82, 2.24) is 5.32 Å². The van der Waals surface area contributed by atoms with E-state index in [-0.39, 0.29) is 0 Å². The number of ether oxygens (including phenoxy) is 1. The molecule has 2 nitrogen and oxygen atoms in total. The highest BCUT2D eigenvalue weighted by Gasteiger charge is 2.38. The molecule has 2 heterocycles. The molecule has 0 amide bonds. The maximum atomic E-state index is 5.35. The smallest absolute Gasteiger partial charge is 0.0578 e. The largest absolute Gasteiger partial charge is 0.381 e.